The number of anilines is 1. The molecule has 0 spiro atoms. The van der Waals surface area contributed by atoms with Gasteiger partial charge in [0.2, 0.25) is 5.58 Å². The van der Waals surface area contributed by atoms with Gasteiger partial charge in [0, 0.05) is 36.2 Å². The Hall–Kier alpha value is -3.12. The largest absolute Gasteiger partial charge is 0.449 e. The Kier molecular flexibility index (Phi) is 3.80. The van der Waals surface area contributed by atoms with E-state index in [1.807, 2.05) is 25.1 Å². The molecular formula is C24H24N4O2. The fourth-order valence-corrected chi connectivity index (χ4v) is 5.08. The molecule has 2 aromatic heterocycles. The first kappa shape index (κ1) is 17.7. The van der Waals surface area contributed by atoms with Crippen molar-refractivity contribution >= 4 is 27.8 Å². The Bertz CT molecular complexity index is 1320. The molecule has 6 rings (SSSR count). The molecule has 4 aromatic rings. The van der Waals surface area contributed by atoms with Crippen molar-refractivity contribution in [1.29, 1.82) is 0 Å². The van der Waals surface area contributed by atoms with Crippen LogP contribution in [-0.2, 0) is 6.54 Å². The number of benzene rings is 2. The molecule has 2 aliphatic rings. The third-order valence-corrected chi connectivity index (χ3v) is 6.60. The van der Waals surface area contributed by atoms with Crippen LogP contribution in [0.2, 0.25) is 0 Å². The molecule has 2 aromatic carbocycles. The fourth-order valence-electron chi connectivity index (χ4n) is 5.08. The highest BCUT2D eigenvalue weighted by molar-refractivity contribution is 6.02. The van der Waals surface area contributed by atoms with Gasteiger partial charge in [0.05, 0.1) is 6.54 Å². The molecule has 4 heterocycles. The number of H-pyrrole nitrogens is 1. The van der Waals surface area contributed by atoms with Crippen molar-refractivity contribution in [2.75, 3.05) is 18.0 Å². The molecule has 0 amide bonds. The second-order valence-corrected chi connectivity index (χ2v) is 8.75. The molecule has 0 saturated carbocycles. The number of piperazine rings is 1. The number of likely N-dealkylation sites (tertiary alicyclic amines) is 1. The van der Waals surface area contributed by atoms with Gasteiger partial charge in [0.25, 0.3) is 5.56 Å². The highest BCUT2D eigenvalue weighted by Gasteiger charge is 2.43. The molecule has 1 N–H and O–H groups in total. The summed E-state index contributed by atoms with van der Waals surface area (Å²) in [5, 5.41) is 0.908. The van der Waals surface area contributed by atoms with E-state index in [1.165, 1.54) is 11.3 Å². The summed E-state index contributed by atoms with van der Waals surface area (Å²) in [6, 6.07) is 15.7. The van der Waals surface area contributed by atoms with Gasteiger partial charge in [-0.2, -0.15) is 0 Å². The van der Waals surface area contributed by atoms with E-state index in [-0.39, 0.29) is 5.56 Å². The van der Waals surface area contributed by atoms with Gasteiger partial charge in [-0.3, -0.25) is 9.69 Å². The van der Waals surface area contributed by atoms with Crippen molar-refractivity contribution in [3.8, 4) is 0 Å². The number of aryl methyl sites for hydroxylation is 2. The van der Waals surface area contributed by atoms with Crippen LogP contribution in [0.4, 0.5) is 5.69 Å². The van der Waals surface area contributed by atoms with Crippen LogP contribution < -0.4 is 10.5 Å². The Morgan fingerprint density at radius 2 is 1.87 bits per heavy atom. The maximum absolute atomic E-state index is 12.6. The number of nitrogens with one attached hydrogen (secondary N) is 1. The minimum Gasteiger partial charge on any atom is -0.449 e. The van der Waals surface area contributed by atoms with Crippen molar-refractivity contribution in [3.05, 3.63) is 69.8 Å². The predicted octanol–water partition coefficient (Wildman–Crippen LogP) is 3.75. The van der Waals surface area contributed by atoms with Crippen LogP contribution in [0.25, 0.3) is 22.1 Å². The van der Waals surface area contributed by atoms with E-state index < -0.39 is 0 Å². The van der Waals surface area contributed by atoms with E-state index >= 15 is 0 Å². The molecule has 0 aliphatic carbocycles. The number of nitrogens with zero attached hydrogens (tertiary/aromatic N) is 3. The summed E-state index contributed by atoms with van der Waals surface area (Å²) in [5.41, 5.74) is 5.21. The molecule has 0 unspecified atom stereocenters. The number of aromatic amines is 1. The molecule has 2 saturated heterocycles. The molecule has 6 heteroatoms. The predicted molar refractivity (Wildman–Crippen MR) is 118 cm³/mol. The van der Waals surface area contributed by atoms with Gasteiger partial charge in [0.1, 0.15) is 16.9 Å². The SMILES string of the molecule is Cc1ccc(N2C[C@@H]3C[C@H]2CN3Cc2nc3c(oc4ccc(C)cc43)c(=O)[nH]2)cc1. The van der Waals surface area contributed by atoms with Crippen molar-refractivity contribution in [2.24, 2.45) is 0 Å². The molecular weight excluding hydrogens is 376 g/mol. The summed E-state index contributed by atoms with van der Waals surface area (Å²) in [5.74, 6) is 0.714. The minimum absolute atomic E-state index is 0.200. The topological polar surface area (TPSA) is 65.4 Å². The quantitative estimate of drug-likeness (QED) is 0.567. The average molecular weight is 400 g/mol. The van der Waals surface area contributed by atoms with Crippen LogP contribution in [0.1, 0.15) is 23.4 Å². The van der Waals surface area contributed by atoms with Crippen molar-refractivity contribution in [3.63, 3.8) is 0 Å². The number of hydrogen-bond acceptors (Lipinski definition) is 5. The number of rotatable bonds is 3. The van der Waals surface area contributed by atoms with Crippen LogP contribution in [0.3, 0.4) is 0 Å². The summed E-state index contributed by atoms with van der Waals surface area (Å²) in [6.07, 6.45) is 1.16. The highest BCUT2D eigenvalue weighted by Crippen LogP contribution is 2.35. The van der Waals surface area contributed by atoms with E-state index in [1.54, 1.807) is 0 Å². The lowest BCUT2D eigenvalue weighted by atomic mass is 10.2. The van der Waals surface area contributed by atoms with Crippen molar-refractivity contribution in [2.45, 2.75) is 38.9 Å². The monoisotopic (exact) mass is 400 g/mol. The Labute approximate surface area is 174 Å². The van der Waals surface area contributed by atoms with Gasteiger partial charge in [-0.05, 0) is 44.5 Å². The third-order valence-electron chi connectivity index (χ3n) is 6.60. The van der Waals surface area contributed by atoms with Gasteiger partial charge < -0.3 is 14.3 Å². The van der Waals surface area contributed by atoms with Crippen LogP contribution in [-0.4, -0.2) is 40.0 Å². The maximum Gasteiger partial charge on any atom is 0.294 e. The zero-order chi connectivity index (χ0) is 20.4. The fraction of sp³-hybridized carbons (Fsp3) is 0.333. The summed E-state index contributed by atoms with van der Waals surface area (Å²) < 4.78 is 5.76. The lowest BCUT2D eigenvalue weighted by Crippen LogP contribution is -2.46. The smallest absolute Gasteiger partial charge is 0.294 e. The van der Waals surface area contributed by atoms with Crippen LogP contribution in [0.5, 0.6) is 0 Å². The molecule has 2 atom stereocenters. The number of furan rings is 1. The first-order chi connectivity index (χ1) is 14.5. The van der Waals surface area contributed by atoms with E-state index in [4.69, 9.17) is 9.40 Å². The van der Waals surface area contributed by atoms with Crippen molar-refractivity contribution in [1.82, 2.24) is 14.9 Å². The normalized spacial score (nSPS) is 21.3. The lowest BCUT2D eigenvalue weighted by Gasteiger charge is -2.35. The van der Waals surface area contributed by atoms with E-state index in [0.717, 1.165) is 30.5 Å². The highest BCUT2D eigenvalue weighted by atomic mass is 16.3. The second-order valence-electron chi connectivity index (χ2n) is 8.75. The van der Waals surface area contributed by atoms with Gasteiger partial charge in [-0.1, -0.05) is 29.3 Å². The molecule has 2 bridgehead atoms. The van der Waals surface area contributed by atoms with Crippen LogP contribution >= 0.6 is 0 Å². The molecule has 30 heavy (non-hydrogen) atoms. The van der Waals surface area contributed by atoms with E-state index in [2.05, 4.69) is 46.0 Å². The Morgan fingerprint density at radius 1 is 1.07 bits per heavy atom. The summed E-state index contributed by atoms with van der Waals surface area (Å²) in [6.45, 7) is 6.83. The maximum atomic E-state index is 12.6. The number of hydrogen-bond donors (Lipinski definition) is 1. The van der Waals surface area contributed by atoms with Crippen LogP contribution in [0.15, 0.2) is 51.7 Å². The van der Waals surface area contributed by atoms with Crippen LogP contribution in [0, 0.1) is 13.8 Å². The molecule has 6 nitrogen and oxygen atoms in total. The second kappa shape index (κ2) is 6.44. The molecule has 2 fully saturated rings. The van der Waals surface area contributed by atoms with Gasteiger partial charge in [-0.25, -0.2) is 4.98 Å². The Balaban J connectivity index is 1.27. The first-order valence-corrected chi connectivity index (χ1v) is 10.5. The van der Waals surface area contributed by atoms with Gasteiger partial charge >= 0.3 is 0 Å². The standard InChI is InChI=1S/C24H24N4O2/c1-14-3-6-16(7-4-14)28-12-17-10-18(28)11-27(17)13-21-25-22-19-9-15(2)5-8-20(19)30-23(22)24(29)26-21/h3-9,17-18H,10-13H2,1-2H3,(H,25,26,29)/t17-,18-/m0/s1. The van der Waals surface area contributed by atoms with Gasteiger partial charge in [0.15, 0.2) is 0 Å². The minimum atomic E-state index is -0.200. The zero-order valence-electron chi connectivity index (χ0n) is 17.2. The average Bonchev–Trinajstić information content (AvgIpc) is 3.41. The summed E-state index contributed by atoms with van der Waals surface area (Å²) >= 11 is 0. The van der Waals surface area contributed by atoms with E-state index in [9.17, 15) is 4.79 Å². The third kappa shape index (κ3) is 2.75. The molecule has 0 radical (unpaired) electrons. The lowest BCUT2D eigenvalue weighted by molar-refractivity contribution is 0.225. The van der Waals surface area contributed by atoms with Gasteiger partial charge in [-0.15, -0.1) is 0 Å². The molecule has 152 valence electrons. The number of fused-ring (bicyclic) bond motifs is 5. The van der Waals surface area contributed by atoms with Crippen molar-refractivity contribution < 1.29 is 4.42 Å². The van der Waals surface area contributed by atoms with E-state index in [0.29, 0.717) is 41.1 Å². The first-order valence-electron chi connectivity index (χ1n) is 10.5. The summed E-state index contributed by atoms with van der Waals surface area (Å²) in [4.78, 5) is 25.3. The molecule has 2 aliphatic heterocycles. The number of aromatic nitrogens is 2. The Morgan fingerprint density at radius 3 is 2.63 bits per heavy atom. The zero-order valence-corrected chi connectivity index (χ0v) is 17.2. The summed E-state index contributed by atoms with van der Waals surface area (Å²) in [7, 11) is 0.